The van der Waals surface area contributed by atoms with Crippen LogP contribution < -0.4 is 5.32 Å². The summed E-state index contributed by atoms with van der Waals surface area (Å²) >= 11 is 0. The van der Waals surface area contributed by atoms with Gasteiger partial charge in [-0.25, -0.2) is 4.79 Å². The van der Waals surface area contributed by atoms with Gasteiger partial charge in [0, 0.05) is 5.56 Å². The van der Waals surface area contributed by atoms with Gasteiger partial charge in [0.15, 0.2) is 5.78 Å². The summed E-state index contributed by atoms with van der Waals surface area (Å²) in [5.41, 5.74) is 3.58. The van der Waals surface area contributed by atoms with Gasteiger partial charge < -0.3 is 5.32 Å². The summed E-state index contributed by atoms with van der Waals surface area (Å²) in [6.07, 6.45) is 4.34. The summed E-state index contributed by atoms with van der Waals surface area (Å²) in [4.78, 5) is 39.5. The molecule has 1 heterocycles. The number of fused-ring (bicyclic) bond motifs is 1. The summed E-state index contributed by atoms with van der Waals surface area (Å²) in [6.45, 7) is 3.35. The predicted octanol–water partition coefficient (Wildman–Crippen LogP) is 3.52. The number of aryl methyl sites for hydroxylation is 3. The molecule has 5 nitrogen and oxygen atoms in total. The quantitative estimate of drug-likeness (QED) is 0.656. The van der Waals surface area contributed by atoms with E-state index in [1.165, 1.54) is 17.5 Å². The molecule has 0 aromatic heterocycles. The molecule has 1 unspecified atom stereocenters. The van der Waals surface area contributed by atoms with E-state index in [1.54, 1.807) is 6.92 Å². The van der Waals surface area contributed by atoms with Gasteiger partial charge in [-0.05, 0) is 67.9 Å². The molecule has 1 N–H and O–H groups in total. The second kappa shape index (κ2) is 6.89. The smallest absolute Gasteiger partial charge is 0.319 e. The number of amides is 3. The Bertz CT molecular complexity index is 982. The van der Waals surface area contributed by atoms with Crippen LogP contribution >= 0.6 is 0 Å². The maximum atomic E-state index is 13.1. The summed E-state index contributed by atoms with van der Waals surface area (Å²) in [6, 6.07) is 12.7. The fourth-order valence-corrected chi connectivity index (χ4v) is 4.30. The van der Waals surface area contributed by atoms with Crippen molar-refractivity contribution in [2.24, 2.45) is 0 Å². The number of hydrogen-bond acceptors (Lipinski definition) is 3. The number of carbonyl (C=O) groups excluding carboxylic acids is 3. The molecule has 4 rings (SSSR count). The predicted molar refractivity (Wildman–Crippen MR) is 106 cm³/mol. The van der Waals surface area contributed by atoms with Gasteiger partial charge in [-0.2, -0.15) is 0 Å². The Morgan fingerprint density at radius 2 is 1.79 bits per heavy atom. The average molecular weight is 376 g/mol. The van der Waals surface area contributed by atoms with Crippen molar-refractivity contribution in [3.05, 3.63) is 70.3 Å². The SMILES string of the molecule is Cc1ccccc1C1(C)NC(=O)N(CC(=O)c2ccc3c(c2)CCCC3)C1=O. The van der Waals surface area contributed by atoms with Crippen molar-refractivity contribution < 1.29 is 14.4 Å². The molecule has 0 bridgehead atoms. The normalized spacial score (nSPS) is 21.4. The average Bonchev–Trinajstić information content (AvgIpc) is 2.91. The second-order valence-corrected chi connectivity index (χ2v) is 7.88. The molecule has 2 aromatic rings. The molecule has 1 fully saturated rings. The number of hydrogen-bond donors (Lipinski definition) is 1. The van der Waals surface area contributed by atoms with Crippen molar-refractivity contribution in [3.8, 4) is 0 Å². The molecule has 0 spiro atoms. The maximum Gasteiger partial charge on any atom is 0.325 e. The third-order valence-corrected chi connectivity index (χ3v) is 5.93. The highest BCUT2D eigenvalue weighted by Gasteiger charge is 2.50. The molecular weight excluding hydrogens is 352 g/mol. The van der Waals surface area contributed by atoms with E-state index >= 15 is 0 Å². The van der Waals surface area contributed by atoms with Crippen LogP contribution in [0.15, 0.2) is 42.5 Å². The lowest BCUT2D eigenvalue weighted by molar-refractivity contribution is -0.130. The van der Waals surface area contributed by atoms with E-state index in [-0.39, 0.29) is 12.3 Å². The van der Waals surface area contributed by atoms with Crippen molar-refractivity contribution in [1.29, 1.82) is 0 Å². The molecule has 1 atom stereocenters. The number of carbonyl (C=O) groups is 3. The Balaban J connectivity index is 1.57. The molecular formula is C23H24N2O3. The van der Waals surface area contributed by atoms with E-state index in [2.05, 4.69) is 5.32 Å². The lowest BCUT2D eigenvalue weighted by Crippen LogP contribution is -2.42. The lowest BCUT2D eigenvalue weighted by Gasteiger charge is -2.24. The van der Waals surface area contributed by atoms with Crippen LogP contribution in [0.4, 0.5) is 4.79 Å². The number of urea groups is 1. The number of nitrogens with zero attached hydrogens (tertiary/aromatic N) is 1. The zero-order chi connectivity index (χ0) is 19.9. The zero-order valence-corrected chi connectivity index (χ0v) is 16.2. The van der Waals surface area contributed by atoms with E-state index in [0.29, 0.717) is 5.56 Å². The van der Waals surface area contributed by atoms with Gasteiger partial charge in [-0.3, -0.25) is 14.5 Å². The number of Topliss-reactive ketones (excluding diaryl/α,β-unsaturated/α-hetero) is 1. The molecule has 1 saturated heterocycles. The molecule has 1 aliphatic heterocycles. The zero-order valence-electron chi connectivity index (χ0n) is 16.2. The number of ketones is 1. The van der Waals surface area contributed by atoms with Crippen molar-refractivity contribution in [2.75, 3.05) is 6.54 Å². The van der Waals surface area contributed by atoms with Crippen LogP contribution in [0.1, 0.15) is 52.4 Å². The first kappa shape index (κ1) is 18.4. The first-order chi connectivity index (χ1) is 13.4. The minimum Gasteiger partial charge on any atom is -0.319 e. The number of nitrogens with one attached hydrogen (secondary N) is 1. The van der Waals surface area contributed by atoms with Crippen molar-refractivity contribution in [1.82, 2.24) is 10.2 Å². The largest absolute Gasteiger partial charge is 0.325 e. The van der Waals surface area contributed by atoms with Gasteiger partial charge in [-0.1, -0.05) is 36.4 Å². The molecule has 3 amide bonds. The van der Waals surface area contributed by atoms with Crippen molar-refractivity contribution in [3.63, 3.8) is 0 Å². The van der Waals surface area contributed by atoms with Crippen LogP contribution in [-0.2, 0) is 23.2 Å². The highest BCUT2D eigenvalue weighted by atomic mass is 16.2. The standard InChI is InChI=1S/C23H24N2O3/c1-15-7-3-6-10-19(15)23(2)21(27)25(22(28)24-23)14-20(26)18-12-11-16-8-4-5-9-17(16)13-18/h3,6-7,10-13H,4-5,8-9,14H2,1-2H3,(H,24,28). The summed E-state index contributed by atoms with van der Waals surface area (Å²) < 4.78 is 0. The minimum absolute atomic E-state index is 0.217. The Kier molecular flexibility index (Phi) is 4.53. The van der Waals surface area contributed by atoms with Gasteiger partial charge in [0.05, 0.1) is 6.54 Å². The second-order valence-electron chi connectivity index (χ2n) is 7.88. The Hall–Kier alpha value is -2.95. The van der Waals surface area contributed by atoms with Gasteiger partial charge in [0.2, 0.25) is 0 Å². The first-order valence-corrected chi connectivity index (χ1v) is 9.75. The maximum absolute atomic E-state index is 13.1. The third kappa shape index (κ3) is 3.01. The van der Waals surface area contributed by atoms with Crippen LogP contribution in [0, 0.1) is 6.92 Å². The van der Waals surface area contributed by atoms with Crippen LogP contribution in [0.2, 0.25) is 0 Å². The molecule has 2 aliphatic rings. The van der Waals surface area contributed by atoms with E-state index in [1.807, 2.05) is 49.4 Å². The molecule has 5 heteroatoms. The molecule has 28 heavy (non-hydrogen) atoms. The van der Waals surface area contributed by atoms with Crippen molar-refractivity contribution in [2.45, 2.75) is 45.1 Å². The Morgan fingerprint density at radius 1 is 1.07 bits per heavy atom. The third-order valence-electron chi connectivity index (χ3n) is 5.93. The van der Waals surface area contributed by atoms with E-state index in [9.17, 15) is 14.4 Å². The summed E-state index contributed by atoms with van der Waals surface area (Å²) in [5, 5.41) is 2.78. The summed E-state index contributed by atoms with van der Waals surface area (Å²) in [7, 11) is 0. The molecule has 0 saturated carbocycles. The minimum atomic E-state index is -1.15. The Morgan fingerprint density at radius 3 is 2.54 bits per heavy atom. The number of imide groups is 1. The van der Waals surface area contributed by atoms with Crippen LogP contribution in [0.3, 0.4) is 0 Å². The van der Waals surface area contributed by atoms with Gasteiger partial charge in [0.25, 0.3) is 5.91 Å². The lowest BCUT2D eigenvalue weighted by atomic mass is 9.88. The molecule has 0 radical (unpaired) electrons. The van der Waals surface area contributed by atoms with Gasteiger partial charge in [-0.15, -0.1) is 0 Å². The monoisotopic (exact) mass is 376 g/mol. The Labute approximate surface area is 164 Å². The van der Waals surface area contributed by atoms with E-state index in [4.69, 9.17) is 0 Å². The highest BCUT2D eigenvalue weighted by Crippen LogP contribution is 2.31. The van der Waals surface area contributed by atoms with Crippen LogP contribution in [0.25, 0.3) is 0 Å². The first-order valence-electron chi connectivity index (χ1n) is 9.75. The van der Waals surface area contributed by atoms with Crippen molar-refractivity contribution >= 4 is 17.7 Å². The fourth-order valence-electron chi connectivity index (χ4n) is 4.30. The van der Waals surface area contributed by atoms with Crippen LogP contribution in [-0.4, -0.2) is 29.2 Å². The van der Waals surface area contributed by atoms with Crippen LogP contribution in [0.5, 0.6) is 0 Å². The summed E-state index contributed by atoms with van der Waals surface area (Å²) in [5.74, 6) is -0.607. The topological polar surface area (TPSA) is 66.5 Å². The van der Waals surface area contributed by atoms with Gasteiger partial charge in [0.1, 0.15) is 5.54 Å². The van der Waals surface area contributed by atoms with Gasteiger partial charge >= 0.3 is 6.03 Å². The van der Waals surface area contributed by atoms with E-state index < -0.39 is 17.5 Å². The number of rotatable bonds is 4. The molecule has 2 aromatic carbocycles. The van der Waals surface area contributed by atoms with E-state index in [0.717, 1.165) is 35.3 Å². The molecule has 1 aliphatic carbocycles. The highest BCUT2D eigenvalue weighted by molar-refractivity contribution is 6.11. The fraction of sp³-hybridized carbons (Fsp3) is 0.348. The number of benzene rings is 2. The molecule has 144 valence electrons.